The molecule has 2 N–H and O–H groups in total. The summed E-state index contributed by atoms with van der Waals surface area (Å²) in [5.74, 6) is 1.41. The number of rotatable bonds is 3. The van der Waals surface area contributed by atoms with Gasteiger partial charge in [0.25, 0.3) is 5.69 Å². The largest absolute Gasteiger partial charge is 0.393 e. The van der Waals surface area contributed by atoms with Crippen LogP contribution in [0.5, 0.6) is 0 Å². The van der Waals surface area contributed by atoms with E-state index in [2.05, 4.69) is 18.7 Å². The van der Waals surface area contributed by atoms with Crippen LogP contribution < -0.4 is 5.73 Å². The van der Waals surface area contributed by atoms with Crippen molar-refractivity contribution in [1.29, 1.82) is 0 Å². The molecular formula is C14H21N3O2. The first-order valence-corrected chi connectivity index (χ1v) is 6.73. The lowest BCUT2D eigenvalue weighted by molar-refractivity contribution is -0.384. The summed E-state index contributed by atoms with van der Waals surface area (Å²) in [6.45, 7) is 7.30. The topological polar surface area (TPSA) is 72.4 Å². The average molecular weight is 263 g/mol. The van der Waals surface area contributed by atoms with Crippen molar-refractivity contribution in [3.8, 4) is 0 Å². The van der Waals surface area contributed by atoms with E-state index in [1.165, 1.54) is 12.5 Å². The van der Waals surface area contributed by atoms with Gasteiger partial charge in [-0.05, 0) is 30.4 Å². The predicted octanol–water partition coefficient (Wildman–Crippen LogP) is 2.65. The first kappa shape index (κ1) is 13.8. The zero-order chi connectivity index (χ0) is 14.0. The molecule has 5 nitrogen and oxygen atoms in total. The van der Waals surface area contributed by atoms with Gasteiger partial charge in [0.15, 0.2) is 0 Å². The van der Waals surface area contributed by atoms with E-state index in [1.54, 1.807) is 6.07 Å². The average Bonchev–Trinajstić information content (AvgIpc) is 2.36. The van der Waals surface area contributed by atoms with E-state index in [1.807, 2.05) is 6.07 Å². The third kappa shape index (κ3) is 3.04. The third-order valence-electron chi connectivity index (χ3n) is 4.18. The van der Waals surface area contributed by atoms with Crippen LogP contribution in [0.4, 0.5) is 11.4 Å². The second kappa shape index (κ2) is 5.57. The van der Waals surface area contributed by atoms with E-state index < -0.39 is 4.92 Å². The fourth-order valence-electron chi connectivity index (χ4n) is 2.63. The maximum absolute atomic E-state index is 10.9. The first-order chi connectivity index (χ1) is 8.99. The number of nitrogen functional groups attached to an aromatic ring is 1. The fourth-order valence-corrected chi connectivity index (χ4v) is 2.63. The van der Waals surface area contributed by atoms with Gasteiger partial charge >= 0.3 is 0 Å². The van der Waals surface area contributed by atoms with Crippen molar-refractivity contribution in [1.82, 2.24) is 4.90 Å². The minimum Gasteiger partial charge on any atom is -0.393 e. The lowest BCUT2D eigenvalue weighted by Crippen LogP contribution is -2.38. The van der Waals surface area contributed by atoms with Gasteiger partial charge in [-0.15, -0.1) is 0 Å². The van der Waals surface area contributed by atoms with E-state index in [4.69, 9.17) is 5.73 Å². The SMILES string of the molecule is CC1CCN(Cc2cccc([N+](=O)[O-])c2N)CC1C. The molecule has 1 aromatic rings. The van der Waals surface area contributed by atoms with Gasteiger partial charge in [-0.1, -0.05) is 26.0 Å². The van der Waals surface area contributed by atoms with E-state index in [-0.39, 0.29) is 5.69 Å². The minimum absolute atomic E-state index is 0.0101. The molecule has 2 rings (SSSR count). The molecule has 1 aromatic carbocycles. The Balaban J connectivity index is 2.11. The molecule has 19 heavy (non-hydrogen) atoms. The van der Waals surface area contributed by atoms with Crippen LogP contribution in [0.25, 0.3) is 0 Å². The number of nitrogens with two attached hydrogens (primary N) is 1. The predicted molar refractivity (Wildman–Crippen MR) is 75.7 cm³/mol. The Bertz CT molecular complexity index is 476. The Morgan fingerprint density at radius 2 is 2.16 bits per heavy atom. The number of likely N-dealkylation sites (tertiary alicyclic amines) is 1. The number of nitrogens with zero attached hydrogens (tertiary/aromatic N) is 2. The number of anilines is 1. The number of nitro benzene ring substituents is 1. The highest BCUT2D eigenvalue weighted by molar-refractivity contribution is 5.62. The van der Waals surface area contributed by atoms with Crippen LogP contribution in [-0.4, -0.2) is 22.9 Å². The van der Waals surface area contributed by atoms with Crippen molar-refractivity contribution in [3.05, 3.63) is 33.9 Å². The van der Waals surface area contributed by atoms with Crippen molar-refractivity contribution < 1.29 is 4.92 Å². The van der Waals surface area contributed by atoms with Crippen LogP contribution in [-0.2, 0) is 6.54 Å². The molecule has 1 fully saturated rings. The Morgan fingerprint density at radius 1 is 1.42 bits per heavy atom. The maximum atomic E-state index is 10.9. The molecule has 1 heterocycles. The molecule has 0 amide bonds. The van der Waals surface area contributed by atoms with Crippen molar-refractivity contribution in [2.24, 2.45) is 11.8 Å². The van der Waals surface area contributed by atoms with Gasteiger partial charge in [0.2, 0.25) is 0 Å². The monoisotopic (exact) mass is 263 g/mol. The second-order valence-corrected chi connectivity index (χ2v) is 5.59. The molecule has 1 aliphatic heterocycles. The highest BCUT2D eigenvalue weighted by atomic mass is 16.6. The lowest BCUT2D eigenvalue weighted by Gasteiger charge is -2.35. The van der Waals surface area contributed by atoms with Gasteiger partial charge in [0, 0.05) is 19.2 Å². The second-order valence-electron chi connectivity index (χ2n) is 5.59. The standard InChI is InChI=1S/C14H21N3O2/c1-10-6-7-16(8-11(10)2)9-12-4-3-5-13(14(12)15)17(18)19/h3-5,10-11H,6-9,15H2,1-2H3. The summed E-state index contributed by atoms with van der Waals surface area (Å²) in [4.78, 5) is 12.8. The lowest BCUT2D eigenvalue weighted by atomic mass is 9.88. The van der Waals surface area contributed by atoms with Gasteiger partial charge < -0.3 is 5.73 Å². The third-order valence-corrected chi connectivity index (χ3v) is 4.18. The smallest absolute Gasteiger partial charge is 0.292 e. The van der Waals surface area contributed by atoms with Crippen LogP contribution in [0.3, 0.4) is 0 Å². The molecule has 0 aromatic heterocycles. The summed E-state index contributed by atoms with van der Waals surface area (Å²) in [5, 5.41) is 10.9. The van der Waals surface area contributed by atoms with Crippen LogP contribution in [0.2, 0.25) is 0 Å². The highest BCUT2D eigenvalue weighted by Gasteiger charge is 2.24. The fraction of sp³-hybridized carbons (Fsp3) is 0.571. The molecule has 1 aliphatic rings. The molecule has 5 heteroatoms. The van der Waals surface area contributed by atoms with E-state index in [0.717, 1.165) is 24.6 Å². The summed E-state index contributed by atoms with van der Waals surface area (Å²) in [7, 11) is 0. The molecule has 2 unspecified atom stereocenters. The van der Waals surface area contributed by atoms with Gasteiger partial charge in [-0.3, -0.25) is 15.0 Å². The molecule has 0 saturated carbocycles. The maximum Gasteiger partial charge on any atom is 0.292 e. The van der Waals surface area contributed by atoms with Gasteiger partial charge in [0.05, 0.1) is 4.92 Å². The van der Waals surface area contributed by atoms with Crippen molar-refractivity contribution in [2.45, 2.75) is 26.8 Å². The zero-order valence-corrected chi connectivity index (χ0v) is 11.5. The number of benzene rings is 1. The number of hydrogen-bond acceptors (Lipinski definition) is 4. The van der Waals surface area contributed by atoms with Gasteiger partial charge in [-0.2, -0.15) is 0 Å². The van der Waals surface area contributed by atoms with Crippen molar-refractivity contribution in [2.75, 3.05) is 18.8 Å². The molecule has 2 atom stereocenters. The highest BCUT2D eigenvalue weighted by Crippen LogP contribution is 2.28. The first-order valence-electron chi connectivity index (χ1n) is 6.73. The van der Waals surface area contributed by atoms with Crippen LogP contribution in [0, 0.1) is 22.0 Å². The number of para-hydroxylation sites is 1. The molecule has 1 saturated heterocycles. The summed E-state index contributed by atoms with van der Waals surface area (Å²) >= 11 is 0. The van der Waals surface area contributed by atoms with Gasteiger partial charge in [-0.25, -0.2) is 0 Å². The minimum atomic E-state index is -0.417. The Labute approximate surface area is 113 Å². The normalized spacial score (nSPS) is 24.3. The van der Waals surface area contributed by atoms with E-state index in [9.17, 15) is 10.1 Å². The molecule has 0 aliphatic carbocycles. The Morgan fingerprint density at radius 3 is 2.79 bits per heavy atom. The summed E-state index contributed by atoms with van der Waals surface area (Å²) in [6.07, 6.45) is 1.18. The number of hydrogen-bond donors (Lipinski definition) is 1. The molecule has 104 valence electrons. The van der Waals surface area contributed by atoms with Gasteiger partial charge in [0.1, 0.15) is 5.69 Å². The van der Waals surface area contributed by atoms with Crippen LogP contribution in [0.1, 0.15) is 25.8 Å². The number of piperidine rings is 1. The molecule has 0 radical (unpaired) electrons. The van der Waals surface area contributed by atoms with Crippen molar-refractivity contribution >= 4 is 11.4 Å². The Hall–Kier alpha value is -1.62. The molecule has 0 spiro atoms. The van der Waals surface area contributed by atoms with Crippen LogP contribution in [0.15, 0.2) is 18.2 Å². The summed E-state index contributed by atoms with van der Waals surface area (Å²) in [6, 6.07) is 5.05. The number of nitro groups is 1. The summed E-state index contributed by atoms with van der Waals surface area (Å²) < 4.78 is 0. The van der Waals surface area contributed by atoms with Crippen LogP contribution >= 0.6 is 0 Å². The molecule has 0 bridgehead atoms. The van der Waals surface area contributed by atoms with Crippen molar-refractivity contribution in [3.63, 3.8) is 0 Å². The van der Waals surface area contributed by atoms with E-state index in [0.29, 0.717) is 18.2 Å². The molecular weight excluding hydrogens is 242 g/mol. The zero-order valence-electron chi connectivity index (χ0n) is 11.5. The summed E-state index contributed by atoms with van der Waals surface area (Å²) in [5.41, 5.74) is 7.07. The van der Waals surface area contributed by atoms with E-state index >= 15 is 0 Å². The quantitative estimate of drug-likeness (QED) is 0.517. The Kier molecular flexibility index (Phi) is 4.04.